The van der Waals surface area contributed by atoms with Crippen LogP contribution in [0.5, 0.6) is 0 Å². The zero-order valence-electron chi connectivity index (χ0n) is 16.6. The Morgan fingerprint density at radius 1 is 1.28 bits per heavy atom. The SMILES string of the molecule is CCOC(=O)c1cnc2n(c1=O)C(C)CC/C2=C\Nc1ccccc1C(=O)OC. The van der Waals surface area contributed by atoms with E-state index in [9.17, 15) is 14.4 Å². The van der Waals surface area contributed by atoms with Crippen molar-refractivity contribution < 1.29 is 19.1 Å². The van der Waals surface area contributed by atoms with Crippen LogP contribution in [0.3, 0.4) is 0 Å². The molecule has 0 spiro atoms. The smallest absolute Gasteiger partial charge is 0.345 e. The average molecular weight is 397 g/mol. The second kappa shape index (κ2) is 8.72. The highest BCUT2D eigenvalue weighted by Crippen LogP contribution is 2.30. The number of carbonyl (C=O) groups excluding carboxylic acids is 2. The maximum Gasteiger partial charge on any atom is 0.345 e. The molecular weight excluding hydrogens is 374 g/mol. The highest BCUT2D eigenvalue weighted by molar-refractivity contribution is 5.96. The first kappa shape index (κ1) is 20.3. The first-order valence-corrected chi connectivity index (χ1v) is 9.39. The summed E-state index contributed by atoms with van der Waals surface area (Å²) in [7, 11) is 1.33. The molecule has 0 aliphatic carbocycles. The number of rotatable bonds is 5. The molecule has 1 aliphatic heterocycles. The molecule has 0 saturated carbocycles. The Hall–Kier alpha value is -3.42. The lowest BCUT2D eigenvalue weighted by molar-refractivity contribution is 0.0521. The van der Waals surface area contributed by atoms with Crippen LogP contribution in [0.15, 0.2) is 41.5 Å². The van der Waals surface area contributed by atoms with Gasteiger partial charge in [-0.05, 0) is 38.8 Å². The normalized spacial score (nSPS) is 16.8. The minimum atomic E-state index is -0.672. The van der Waals surface area contributed by atoms with Gasteiger partial charge in [0.25, 0.3) is 5.56 Å². The molecule has 29 heavy (non-hydrogen) atoms. The van der Waals surface area contributed by atoms with Crippen LogP contribution < -0.4 is 10.9 Å². The van der Waals surface area contributed by atoms with Crippen LogP contribution in [0, 0.1) is 0 Å². The van der Waals surface area contributed by atoms with Crippen LogP contribution in [0.4, 0.5) is 5.69 Å². The predicted octanol–water partition coefficient (Wildman–Crippen LogP) is 3.01. The van der Waals surface area contributed by atoms with Crippen LogP contribution >= 0.6 is 0 Å². The Kier molecular flexibility index (Phi) is 6.11. The van der Waals surface area contributed by atoms with E-state index in [1.807, 2.05) is 6.92 Å². The minimum absolute atomic E-state index is 0.0762. The molecular formula is C21H23N3O5. The summed E-state index contributed by atoms with van der Waals surface area (Å²) in [6, 6.07) is 6.88. The van der Waals surface area contributed by atoms with E-state index >= 15 is 0 Å². The summed E-state index contributed by atoms with van der Waals surface area (Å²) in [6.45, 7) is 3.78. The minimum Gasteiger partial charge on any atom is -0.465 e. The summed E-state index contributed by atoms with van der Waals surface area (Å²) in [5.41, 5.74) is 1.30. The summed E-state index contributed by atoms with van der Waals surface area (Å²) in [5, 5.41) is 3.12. The number of fused-ring (bicyclic) bond motifs is 1. The van der Waals surface area contributed by atoms with Crippen molar-refractivity contribution in [2.24, 2.45) is 0 Å². The van der Waals surface area contributed by atoms with Crippen molar-refractivity contribution in [3.8, 4) is 0 Å². The fourth-order valence-electron chi connectivity index (χ4n) is 3.27. The average Bonchev–Trinajstić information content (AvgIpc) is 2.73. The third-order valence-corrected chi connectivity index (χ3v) is 4.78. The van der Waals surface area contributed by atoms with Crippen LogP contribution in [0.1, 0.15) is 59.3 Å². The van der Waals surface area contributed by atoms with Crippen molar-refractivity contribution in [3.05, 3.63) is 64.0 Å². The van der Waals surface area contributed by atoms with Gasteiger partial charge >= 0.3 is 11.9 Å². The lowest BCUT2D eigenvalue weighted by Crippen LogP contribution is -2.34. The number of hydrogen-bond acceptors (Lipinski definition) is 7. The van der Waals surface area contributed by atoms with E-state index in [4.69, 9.17) is 9.47 Å². The first-order valence-electron chi connectivity index (χ1n) is 9.39. The Labute approximate surface area is 168 Å². The van der Waals surface area contributed by atoms with E-state index in [1.54, 1.807) is 37.4 Å². The largest absolute Gasteiger partial charge is 0.465 e. The second-order valence-electron chi connectivity index (χ2n) is 6.63. The number of nitrogens with zero attached hydrogens (tertiary/aromatic N) is 2. The van der Waals surface area contributed by atoms with Crippen molar-refractivity contribution in [2.75, 3.05) is 19.0 Å². The molecule has 0 bridgehead atoms. The number of ether oxygens (including phenoxy) is 2. The molecule has 8 nitrogen and oxygen atoms in total. The van der Waals surface area contributed by atoms with Crippen molar-refractivity contribution in [1.29, 1.82) is 0 Å². The third kappa shape index (κ3) is 4.06. The Morgan fingerprint density at radius 2 is 2.03 bits per heavy atom. The highest BCUT2D eigenvalue weighted by Gasteiger charge is 2.26. The molecule has 1 aromatic carbocycles. The van der Waals surface area contributed by atoms with Gasteiger partial charge < -0.3 is 14.8 Å². The van der Waals surface area contributed by atoms with Gasteiger partial charge in [-0.1, -0.05) is 12.1 Å². The summed E-state index contributed by atoms with van der Waals surface area (Å²) < 4.78 is 11.3. The van der Waals surface area contributed by atoms with E-state index < -0.39 is 17.5 Å². The van der Waals surface area contributed by atoms with Gasteiger partial charge in [-0.2, -0.15) is 0 Å². The molecule has 2 heterocycles. The second-order valence-corrected chi connectivity index (χ2v) is 6.63. The van der Waals surface area contributed by atoms with Gasteiger partial charge in [0.1, 0.15) is 11.4 Å². The van der Waals surface area contributed by atoms with Gasteiger partial charge in [0.05, 0.1) is 25.0 Å². The zero-order chi connectivity index (χ0) is 21.0. The predicted molar refractivity (Wildman–Crippen MR) is 108 cm³/mol. The number of nitrogens with one attached hydrogen (secondary N) is 1. The summed E-state index contributed by atoms with van der Waals surface area (Å²) in [5.74, 6) is -0.629. The standard InChI is InChI=1S/C21H23N3O5/c1-4-29-21(27)16-12-23-18-14(10-9-13(2)24(18)19(16)25)11-22-17-8-6-5-7-15(17)20(26)28-3/h5-8,11-13,22H,4,9-10H2,1-3H3/b14-11+. The number of anilines is 1. The van der Waals surface area contributed by atoms with Gasteiger partial charge in [0.15, 0.2) is 0 Å². The molecule has 8 heteroatoms. The molecule has 0 saturated heterocycles. The highest BCUT2D eigenvalue weighted by atomic mass is 16.5. The number of allylic oxidation sites excluding steroid dienone is 1. The van der Waals surface area contributed by atoms with Crippen molar-refractivity contribution in [2.45, 2.75) is 32.7 Å². The van der Waals surface area contributed by atoms with Crippen molar-refractivity contribution in [1.82, 2.24) is 9.55 Å². The topological polar surface area (TPSA) is 99.5 Å². The molecule has 1 unspecified atom stereocenters. The fraction of sp³-hybridized carbons (Fsp3) is 0.333. The third-order valence-electron chi connectivity index (χ3n) is 4.78. The molecule has 0 amide bonds. The molecule has 0 radical (unpaired) electrons. The molecule has 152 valence electrons. The maximum atomic E-state index is 12.9. The number of carbonyl (C=O) groups is 2. The Bertz CT molecular complexity index is 1030. The lowest BCUT2D eigenvalue weighted by Gasteiger charge is -2.26. The maximum absolute atomic E-state index is 12.9. The summed E-state index contributed by atoms with van der Waals surface area (Å²) in [6.07, 6.45) is 4.41. The van der Waals surface area contributed by atoms with E-state index in [1.165, 1.54) is 17.9 Å². The molecule has 1 atom stereocenters. The summed E-state index contributed by atoms with van der Waals surface area (Å²) in [4.78, 5) is 41.2. The number of benzene rings is 1. The van der Waals surface area contributed by atoms with Crippen molar-refractivity contribution >= 4 is 23.2 Å². The van der Waals surface area contributed by atoms with Crippen molar-refractivity contribution in [3.63, 3.8) is 0 Å². The van der Waals surface area contributed by atoms with E-state index in [0.717, 1.165) is 5.57 Å². The van der Waals surface area contributed by atoms with Crippen LogP contribution in [0.25, 0.3) is 5.57 Å². The molecule has 1 aromatic heterocycles. The fourth-order valence-corrected chi connectivity index (χ4v) is 3.27. The number of hydrogen-bond donors (Lipinski definition) is 1. The Morgan fingerprint density at radius 3 is 2.76 bits per heavy atom. The van der Waals surface area contributed by atoms with E-state index in [0.29, 0.717) is 29.9 Å². The van der Waals surface area contributed by atoms with Gasteiger partial charge in [-0.3, -0.25) is 9.36 Å². The van der Waals surface area contributed by atoms with E-state index in [2.05, 4.69) is 10.3 Å². The number of methoxy groups -OCH3 is 1. The molecule has 1 aliphatic rings. The van der Waals surface area contributed by atoms with Gasteiger partial charge in [0.2, 0.25) is 0 Å². The molecule has 1 N–H and O–H groups in total. The Balaban J connectivity index is 1.98. The number of aromatic nitrogens is 2. The first-order chi connectivity index (χ1) is 14.0. The quantitative estimate of drug-likeness (QED) is 0.774. The molecule has 3 rings (SSSR count). The number of para-hydroxylation sites is 1. The van der Waals surface area contributed by atoms with Crippen LogP contribution in [-0.4, -0.2) is 35.2 Å². The molecule has 2 aromatic rings. The van der Waals surface area contributed by atoms with Gasteiger partial charge in [-0.15, -0.1) is 0 Å². The zero-order valence-corrected chi connectivity index (χ0v) is 16.6. The van der Waals surface area contributed by atoms with Crippen LogP contribution in [-0.2, 0) is 9.47 Å². The number of esters is 2. The van der Waals surface area contributed by atoms with Gasteiger partial charge in [-0.25, -0.2) is 14.6 Å². The van der Waals surface area contributed by atoms with Gasteiger partial charge in [0, 0.05) is 24.0 Å². The van der Waals surface area contributed by atoms with Crippen LogP contribution in [0.2, 0.25) is 0 Å². The monoisotopic (exact) mass is 397 g/mol. The lowest BCUT2D eigenvalue weighted by atomic mass is 10.0. The molecule has 0 fully saturated rings. The van der Waals surface area contributed by atoms with E-state index in [-0.39, 0.29) is 18.2 Å². The summed E-state index contributed by atoms with van der Waals surface area (Å²) >= 11 is 0.